The Morgan fingerprint density at radius 1 is 1.38 bits per heavy atom. The SMILES string of the molecule is CNCC1CCN(c2n[nH]c(COCC(F)(F)F)n2)CC1. The third kappa shape index (κ3) is 5.16. The van der Waals surface area contributed by atoms with Gasteiger partial charge in [-0.25, -0.2) is 0 Å². The van der Waals surface area contributed by atoms with Crippen LogP contribution in [-0.2, 0) is 11.3 Å². The minimum absolute atomic E-state index is 0.220. The molecule has 1 aromatic heterocycles. The van der Waals surface area contributed by atoms with Gasteiger partial charge in [-0.1, -0.05) is 0 Å². The largest absolute Gasteiger partial charge is 0.411 e. The first-order valence-electron chi connectivity index (χ1n) is 6.93. The Morgan fingerprint density at radius 3 is 2.71 bits per heavy atom. The molecular weight excluding hydrogens is 287 g/mol. The van der Waals surface area contributed by atoms with Gasteiger partial charge >= 0.3 is 6.18 Å². The van der Waals surface area contributed by atoms with E-state index >= 15 is 0 Å². The standard InChI is InChI=1S/C12H20F3N5O/c1-16-6-9-2-4-20(5-3-9)11-17-10(18-19-11)7-21-8-12(13,14)15/h9,16H,2-8H2,1H3,(H,17,18,19). The third-order valence-electron chi connectivity index (χ3n) is 3.41. The van der Waals surface area contributed by atoms with Crippen LogP contribution in [-0.4, -0.2) is 54.6 Å². The first-order chi connectivity index (χ1) is 9.98. The van der Waals surface area contributed by atoms with E-state index in [0.29, 0.717) is 17.7 Å². The molecule has 1 aliphatic heterocycles. The highest BCUT2D eigenvalue weighted by molar-refractivity contribution is 5.29. The number of hydrogen-bond acceptors (Lipinski definition) is 5. The lowest BCUT2D eigenvalue weighted by atomic mass is 9.97. The Bertz CT molecular complexity index is 429. The maximum absolute atomic E-state index is 12.0. The Hall–Kier alpha value is -1.35. The number of nitrogens with zero attached hydrogens (tertiary/aromatic N) is 3. The third-order valence-corrected chi connectivity index (χ3v) is 3.41. The summed E-state index contributed by atoms with van der Waals surface area (Å²) in [5.41, 5.74) is 0. The highest BCUT2D eigenvalue weighted by Crippen LogP contribution is 2.20. The molecule has 2 rings (SSSR count). The van der Waals surface area contributed by atoms with Gasteiger partial charge in [-0.05, 0) is 32.4 Å². The van der Waals surface area contributed by atoms with Crippen molar-refractivity contribution in [3.05, 3.63) is 5.82 Å². The normalized spacial score (nSPS) is 17.4. The van der Waals surface area contributed by atoms with Gasteiger partial charge in [0.2, 0.25) is 5.95 Å². The van der Waals surface area contributed by atoms with Crippen LogP contribution >= 0.6 is 0 Å². The second kappa shape index (κ2) is 7.08. The molecule has 0 radical (unpaired) electrons. The second-order valence-corrected chi connectivity index (χ2v) is 5.18. The van der Waals surface area contributed by atoms with Gasteiger partial charge in [-0.2, -0.15) is 18.2 Å². The van der Waals surface area contributed by atoms with Crippen molar-refractivity contribution >= 4 is 5.95 Å². The molecule has 21 heavy (non-hydrogen) atoms. The number of anilines is 1. The molecule has 0 atom stereocenters. The molecule has 0 saturated carbocycles. The van der Waals surface area contributed by atoms with Crippen LogP contribution in [0, 0.1) is 5.92 Å². The highest BCUT2D eigenvalue weighted by Gasteiger charge is 2.27. The van der Waals surface area contributed by atoms with Crippen molar-refractivity contribution in [3.63, 3.8) is 0 Å². The highest BCUT2D eigenvalue weighted by atomic mass is 19.4. The monoisotopic (exact) mass is 307 g/mol. The molecule has 2 heterocycles. The zero-order valence-electron chi connectivity index (χ0n) is 11.9. The molecule has 6 nitrogen and oxygen atoms in total. The number of H-pyrrole nitrogens is 1. The summed E-state index contributed by atoms with van der Waals surface area (Å²) in [4.78, 5) is 6.21. The van der Waals surface area contributed by atoms with E-state index in [9.17, 15) is 13.2 Å². The fraction of sp³-hybridized carbons (Fsp3) is 0.833. The smallest absolute Gasteiger partial charge is 0.364 e. The molecule has 1 fully saturated rings. The summed E-state index contributed by atoms with van der Waals surface area (Å²) in [5, 5.41) is 9.82. The van der Waals surface area contributed by atoms with Crippen LogP contribution < -0.4 is 10.2 Å². The number of halogens is 3. The van der Waals surface area contributed by atoms with Crippen LogP contribution in [0.1, 0.15) is 18.7 Å². The number of ether oxygens (including phenoxy) is 1. The lowest BCUT2D eigenvalue weighted by molar-refractivity contribution is -0.177. The molecule has 120 valence electrons. The molecule has 1 saturated heterocycles. The van der Waals surface area contributed by atoms with Gasteiger partial charge in [0.1, 0.15) is 13.2 Å². The minimum Gasteiger partial charge on any atom is -0.364 e. The Labute approximate surface area is 121 Å². The van der Waals surface area contributed by atoms with Gasteiger partial charge in [0.25, 0.3) is 0 Å². The zero-order chi connectivity index (χ0) is 15.3. The topological polar surface area (TPSA) is 66.1 Å². The molecule has 1 aliphatic rings. The molecular formula is C12H20F3N5O. The van der Waals surface area contributed by atoms with Crippen LogP contribution in [0.25, 0.3) is 0 Å². The Kier molecular flexibility index (Phi) is 5.40. The van der Waals surface area contributed by atoms with E-state index in [4.69, 9.17) is 0 Å². The van der Waals surface area contributed by atoms with E-state index in [1.807, 2.05) is 11.9 Å². The molecule has 9 heteroatoms. The maximum Gasteiger partial charge on any atom is 0.411 e. The average molecular weight is 307 g/mol. The lowest BCUT2D eigenvalue weighted by Crippen LogP contribution is -2.37. The predicted molar refractivity (Wildman–Crippen MR) is 71.0 cm³/mol. The minimum atomic E-state index is -4.32. The van der Waals surface area contributed by atoms with Crippen molar-refractivity contribution in [3.8, 4) is 0 Å². The van der Waals surface area contributed by atoms with E-state index in [0.717, 1.165) is 32.5 Å². The molecule has 2 N–H and O–H groups in total. The van der Waals surface area contributed by atoms with Gasteiger partial charge < -0.3 is 15.0 Å². The maximum atomic E-state index is 12.0. The Balaban J connectivity index is 1.78. The van der Waals surface area contributed by atoms with Gasteiger partial charge in [-0.3, -0.25) is 5.10 Å². The van der Waals surface area contributed by atoms with Crippen molar-refractivity contribution in [1.82, 2.24) is 20.5 Å². The van der Waals surface area contributed by atoms with Crippen LogP contribution in [0.15, 0.2) is 0 Å². The summed E-state index contributed by atoms with van der Waals surface area (Å²) in [7, 11) is 1.94. The molecule has 0 unspecified atom stereocenters. The van der Waals surface area contributed by atoms with Crippen LogP contribution in [0.5, 0.6) is 0 Å². The van der Waals surface area contributed by atoms with Gasteiger partial charge in [0, 0.05) is 13.1 Å². The summed E-state index contributed by atoms with van der Waals surface area (Å²) in [6.07, 6.45) is -2.22. The van der Waals surface area contributed by atoms with E-state index in [1.54, 1.807) is 0 Å². The number of aromatic amines is 1. The predicted octanol–water partition coefficient (Wildman–Crippen LogP) is 1.32. The number of rotatable bonds is 6. The summed E-state index contributed by atoms with van der Waals surface area (Å²) >= 11 is 0. The van der Waals surface area contributed by atoms with Crippen LogP contribution in [0.4, 0.5) is 19.1 Å². The fourth-order valence-corrected chi connectivity index (χ4v) is 2.38. The number of aromatic nitrogens is 3. The number of alkyl halides is 3. The van der Waals surface area contributed by atoms with E-state index in [-0.39, 0.29) is 6.61 Å². The second-order valence-electron chi connectivity index (χ2n) is 5.18. The van der Waals surface area contributed by atoms with E-state index in [1.165, 1.54) is 0 Å². The van der Waals surface area contributed by atoms with Crippen molar-refractivity contribution in [1.29, 1.82) is 0 Å². The average Bonchev–Trinajstić information content (AvgIpc) is 2.87. The van der Waals surface area contributed by atoms with Gasteiger partial charge in [0.05, 0.1) is 0 Å². The number of piperidine rings is 1. The van der Waals surface area contributed by atoms with Crippen LogP contribution in [0.2, 0.25) is 0 Å². The summed E-state index contributed by atoms with van der Waals surface area (Å²) in [6, 6.07) is 0. The number of hydrogen-bond donors (Lipinski definition) is 2. The van der Waals surface area contributed by atoms with E-state index in [2.05, 4.69) is 25.2 Å². The number of nitrogens with one attached hydrogen (secondary N) is 2. The molecule has 0 bridgehead atoms. The summed E-state index contributed by atoms with van der Waals surface area (Å²) < 4.78 is 40.5. The Morgan fingerprint density at radius 2 is 2.10 bits per heavy atom. The van der Waals surface area contributed by atoms with Crippen molar-refractivity contribution < 1.29 is 17.9 Å². The van der Waals surface area contributed by atoms with Crippen LogP contribution in [0.3, 0.4) is 0 Å². The fourth-order valence-electron chi connectivity index (χ4n) is 2.38. The van der Waals surface area contributed by atoms with Gasteiger partial charge in [-0.15, -0.1) is 5.10 Å². The molecule has 0 amide bonds. The van der Waals surface area contributed by atoms with E-state index < -0.39 is 12.8 Å². The first kappa shape index (κ1) is 16.0. The summed E-state index contributed by atoms with van der Waals surface area (Å²) in [6.45, 7) is 1.21. The lowest BCUT2D eigenvalue weighted by Gasteiger charge is -2.30. The van der Waals surface area contributed by atoms with Crippen molar-refractivity contribution in [2.75, 3.05) is 38.2 Å². The first-order valence-corrected chi connectivity index (χ1v) is 6.93. The van der Waals surface area contributed by atoms with Gasteiger partial charge in [0.15, 0.2) is 5.82 Å². The zero-order valence-corrected chi connectivity index (χ0v) is 11.9. The summed E-state index contributed by atoms with van der Waals surface area (Å²) in [5.74, 6) is 1.50. The molecule has 1 aromatic rings. The van der Waals surface area contributed by atoms with Crippen molar-refractivity contribution in [2.24, 2.45) is 5.92 Å². The quantitative estimate of drug-likeness (QED) is 0.830. The molecule has 0 spiro atoms. The molecule has 0 aromatic carbocycles. The van der Waals surface area contributed by atoms with Crippen molar-refractivity contribution in [2.45, 2.75) is 25.6 Å². The molecule has 0 aliphatic carbocycles.